The lowest BCUT2D eigenvalue weighted by molar-refractivity contribution is -0.125. The third-order valence-electron chi connectivity index (χ3n) is 3.34. The van der Waals surface area contributed by atoms with Gasteiger partial charge in [0.1, 0.15) is 6.61 Å². The highest BCUT2D eigenvalue weighted by atomic mass is 16.6. The Hall–Kier alpha value is -2.82. The summed E-state index contributed by atoms with van der Waals surface area (Å²) in [5.74, 6) is 0.814. The van der Waals surface area contributed by atoms with Crippen molar-refractivity contribution in [1.29, 1.82) is 0 Å². The number of rotatable bonds is 3. The Morgan fingerprint density at radius 1 is 1.09 bits per heavy atom. The van der Waals surface area contributed by atoms with Crippen molar-refractivity contribution in [2.24, 2.45) is 0 Å². The van der Waals surface area contributed by atoms with Crippen LogP contribution in [0.1, 0.15) is 17.3 Å². The van der Waals surface area contributed by atoms with E-state index in [1.165, 1.54) is 6.92 Å². The van der Waals surface area contributed by atoms with E-state index >= 15 is 0 Å². The van der Waals surface area contributed by atoms with E-state index in [-0.39, 0.29) is 18.3 Å². The number of hydrogen-bond acceptors (Lipinski definition) is 4. The molecule has 0 saturated heterocycles. The SMILES string of the molecule is CC(=O)c1cccc(NC(=O)[C@@H]2COc3ccccc3O2)c1. The van der Waals surface area contributed by atoms with E-state index in [0.717, 1.165) is 0 Å². The van der Waals surface area contributed by atoms with E-state index in [1.54, 1.807) is 36.4 Å². The molecule has 2 aromatic carbocycles. The second-order valence-electron chi connectivity index (χ2n) is 4.99. The summed E-state index contributed by atoms with van der Waals surface area (Å²) in [4.78, 5) is 23.6. The molecule has 1 N–H and O–H groups in total. The molecule has 0 aliphatic carbocycles. The number of ketones is 1. The van der Waals surface area contributed by atoms with Crippen molar-refractivity contribution >= 4 is 17.4 Å². The molecule has 0 radical (unpaired) electrons. The van der Waals surface area contributed by atoms with Crippen molar-refractivity contribution in [3.8, 4) is 11.5 Å². The van der Waals surface area contributed by atoms with Gasteiger partial charge in [-0.25, -0.2) is 0 Å². The van der Waals surface area contributed by atoms with Gasteiger partial charge in [0.2, 0.25) is 6.10 Å². The third-order valence-corrected chi connectivity index (χ3v) is 3.34. The molecular weight excluding hydrogens is 282 g/mol. The molecule has 1 atom stereocenters. The molecule has 112 valence electrons. The van der Waals surface area contributed by atoms with Crippen LogP contribution in [0.5, 0.6) is 11.5 Å². The van der Waals surface area contributed by atoms with Gasteiger partial charge in [-0.3, -0.25) is 9.59 Å². The second-order valence-corrected chi connectivity index (χ2v) is 4.99. The molecule has 1 heterocycles. The molecule has 22 heavy (non-hydrogen) atoms. The summed E-state index contributed by atoms with van der Waals surface area (Å²) in [6.07, 6.45) is -0.726. The predicted octanol–water partition coefficient (Wildman–Crippen LogP) is 2.67. The van der Waals surface area contributed by atoms with Gasteiger partial charge in [-0.1, -0.05) is 24.3 Å². The molecule has 1 amide bonds. The Morgan fingerprint density at radius 2 is 1.86 bits per heavy atom. The molecule has 0 bridgehead atoms. The van der Waals surface area contributed by atoms with Crippen molar-refractivity contribution in [1.82, 2.24) is 0 Å². The van der Waals surface area contributed by atoms with Gasteiger partial charge in [-0.2, -0.15) is 0 Å². The summed E-state index contributed by atoms with van der Waals surface area (Å²) in [5, 5.41) is 2.74. The van der Waals surface area contributed by atoms with Crippen molar-refractivity contribution in [2.75, 3.05) is 11.9 Å². The second kappa shape index (κ2) is 5.89. The maximum atomic E-state index is 12.3. The predicted molar refractivity (Wildman–Crippen MR) is 81.4 cm³/mol. The van der Waals surface area contributed by atoms with Crippen molar-refractivity contribution in [3.05, 3.63) is 54.1 Å². The molecule has 0 saturated carbocycles. The first-order valence-electron chi connectivity index (χ1n) is 6.94. The van der Waals surface area contributed by atoms with Crippen molar-refractivity contribution < 1.29 is 19.1 Å². The Balaban J connectivity index is 1.71. The largest absolute Gasteiger partial charge is 0.485 e. The summed E-state index contributed by atoms with van der Waals surface area (Å²) >= 11 is 0. The van der Waals surface area contributed by atoms with Gasteiger partial charge in [0, 0.05) is 11.3 Å². The number of carbonyl (C=O) groups excluding carboxylic acids is 2. The Bertz CT molecular complexity index is 726. The minimum atomic E-state index is -0.726. The topological polar surface area (TPSA) is 64.6 Å². The normalized spacial score (nSPS) is 16.0. The fourth-order valence-electron chi connectivity index (χ4n) is 2.19. The minimum Gasteiger partial charge on any atom is -0.485 e. The van der Waals surface area contributed by atoms with Gasteiger partial charge in [-0.15, -0.1) is 0 Å². The quantitative estimate of drug-likeness (QED) is 0.885. The molecule has 2 aromatic rings. The van der Waals surface area contributed by atoms with E-state index in [2.05, 4.69) is 5.32 Å². The van der Waals surface area contributed by atoms with Crippen LogP contribution in [0, 0.1) is 0 Å². The fraction of sp³-hybridized carbons (Fsp3) is 0.176. The maximum absolute atomic E-state index is 12.3. The van der Waals surface area contributed by atoms with Gasteiger partial charge < -0.3 is 14.8 Å². The molecule has 0 unspecified atom stereocenters. The van der Waals surface area contributed by atoms with E-state index in [0.29, 0.717) is 22.7 Å². The molecular formula is C17H15NO4. The van der Waals surface area contributed by atoms with Gasteiger partial charge in [0.25, 0.3) is 5.91 Å². The van der Waals surface area contributed by atoms with Gasteiger partial charge in [0.15, 0.2) is 17.3 Å². The minimum absolute atomic E-state index is 0.0534. The van der Waals surface area contributed by atoms with Crippen LogP contribution in [0.15, 0.2) is 48.5 Å². The molecule has 5 nitrogen and oxygen atoms in total. The number of para-hydroxylation sites is 2. The first-order valence-corrected chi connectivity index (χ1v) is 6.94. The average molecular weight is 297 g/mol. The number of ether oxygens (including phenoxy) is 2. The summed E-state index contributed by atoms with van der Waals surface area (Å²) in [6, 6.07) is 14.0. The number of fused-ring (bicyclic) bond motifs is 1. The number of Topliss-reactive ketones (excluding diaryl/α,β-unsaturated/α-hetero) is 1. The molecule has 0 spiro atoms. The average Bonchev–Trinajstić information content (AvgIpc) is 2.54. The van der Waals surface area contributed by atoms with Crippen LogP contribution >= 0.6 is 0 Å². The first-order chi connectivity index (χ1) is 10.6. The molecule has 5 heteroatoms. The van der Waals surface area contributed by atoms with Crippen LogP contribution in [-0.2, 0) is 4.79 Å². The molecule has 3 rings (SSSR count). The zero-order valence-electron chi connectivity index (χ0n) is 12.0. The van der Waals surface area contributed by atoms with Crippen LogP contribution in [0.2, 0.25) is 0 Å². The lowest BCUT2D eigenvalue weighted by Gasteiger charge is -2.25. The van der Waals surface area contributed by atoms with E-state index < -0.39 is 6.10 Å². The summed E-state index contributed by atoms with van der Waals surface area (Å²) in [6.45, 7) is 1.63. The number of hydrogen-bond donors (Lipinski definition) is 1. The van der Waals surface area contributed by atoms with Gasteiger partial charge in [0.05, 0.1) is 0 Å². The lowest BCUT2D eigenvalue weighted by Crippen LogP contribution is -2.40. The Morgan fingerprint density at radius 3 is 2.64 bits per heavy atom. The highest BCUT2D eigenvalue weighted by molar-refractivity contribution is 5.98. The Labute approximate surface area is 127 Å². The summed E-state index contributed by atoms with van der Waals surface area (Å²) in [5.41, 5.74) is 1.10. The smallest absolute Gasteiger partial charge is 0.269 e. The standard InChI is InChI=1S/C17H15NO4/c1-11(19)12-5-4-6-13(9-12)18-17(20)16-10-21-14-7-2-3-8-15(14)22-16/h2-9,16H,10H2,1H3,(H,18,20)/t16-/m0/s1. The van der Waals surface area contributed by atoms with Crippen molar-refractivity contribution in [2.45, 2.75) is 13.0 Å². The van der Waals surface area contributed by atoms with Crippen LogP contribution in [0.25, 0.3) is 0 Å². The molecule has 1 aliphatic heterocycles. The van der Waals surface area contributed by atoms with Crippen LogP contribution in [0.3, 0.4) is 0 Å². The monoisotopic (exact) mass is 297 g/mol. The van der Waals surface area contributed by atoms with Crippen LogP contribution in [0.4, 0.5) is 5.69 Å². The van der Waals surface area contributed by atoms with E-state index in [1.807, 2.05) is 12.1 Å². The van der Waals surface area contributed by atoms with Crippen molar-refractivity contribution in [3.63, 3.8) is 0 Å². The molecule has 0 aromatic heterocycles. The zero-order valence-corrected chi connectivity index (χ0v) is 12.0. The van der Waals surface area contributed by atoms with Crippen LogP contribution < -0.4 is 14.8 Å². The molecule has 1 aliphatic rings. The number of amides is 1. The number of carbonyl (C=O) groups is 2. The first kappa shape index (κ1) is 14.1. The summed E-state index contributed by atoms with van der Waals surface area (Å²) in [7, 11) is 0. The fourth-order valence-corrected chi connectivity index (χ4v) is 2.19. The summed E-state index contributed by atoms with van der Waals surface area (Å²) < 4.78 is 11.2. The number of benzene rings is 2. The van der Waals surface area contributed by atoms with E-state index in [4.69, 9.17) is 9.47 Å². The van der Waals surface area contributed by atoms with E-state index in [9.17, 15) is 9.59 Å². The van der Waals surface area contributed by atoms with Gasteiger partial charge in [-0.05, 0) is 31.2 Å². The Kier molecular flexibility index (Phi) is 3.78. The highest BCUT2D eigenvalue weighted by Gasteiger charge is 2.27. The van der Waals surface area contributed by atoms with Gasteiger partial charge >= 0.3 is 0 Å². The lowest BCUT2D eigenvalue weighted by atomic mass is 10.1. The number of nitrogens with one attached hydrogen (secondary N) is 1. The van der Waals surface area contributed by atoms with Crippen LogP contribution in [-0.4, -0.2) is 24.4 Å². The zero-order chi connectivity index (χ0) is 15.5. The molecule has 0 fully saturated rings. The number of anilines is 1. The maximum Gasteiger partial charge on any atom is 0.269 e. The highest BCUT2D eigenvalue weighted by Crippen LogP contribution is 2.31. The third kappa shape index (κ3) is 2.93.